The summed E-state index contributed by atoms with van der Waals surface area (Å²) in [4.78, 5) is 30.1. The van der Waals surface area contributed by atoms with E-state index in [1.165, 1.54) is 32.1 Å². The van der Waals surface area contributed by atoms with E-state index >= 15 is 0 Å². The number of amides is 2. The van der Waals surface area contributed by atoms with Gasteiger partial charge in [0.1, 0.15) is 0 Å². The minimum Gasteiger partial charge on any atom is -0.357 e. The molecule has 1 aliphatic heterocycles. The zero-order chi connectivity index (χ0) is 19.3. The number of carbonyl (C=O) groups is 2. The summed E-state index contributed by atoms with van der Waals surface area (Å²) in [6, 6.07) is 0. The lowest BCUT2D eigenvalue weighted by Crippen LogP contribution is -2.41. The highest BCUT2D eigenvalue weighted by atomic mass is 16.2. The number of hydrogen-bond donors (Lipinski definition) is 3. The van der Waals surface area contributed by atoms with E-state index in [1.54, 1.807) is 0 Å². The Kier molecular flexibility index (Phi) is 10.0. The first-order chi connectivity index (χ1) is 13.2. The van der Waals surface area contributed by atoms with Crippen LogP contribution in [0.15, 0.2) is 4.99 Å². The Labute approximate surface area is 163 Å². The van der Waals surface area contributed by atoms with E-state index in [4.69, 9.17) is 0 Å². The normalized spacial score (nSPS) is 18.6. The molecule has 2 amide bonds. The average molecular weight is 380 g/mol. The van der Waals surface area contributed by atoms with E-state index in [1.807, 2.05) is 11.8 Å². The lowest BCUT2D eigenvalue weighted by atomic mass is 9.87. The molecule has 2 aliphatic rings. The van der Waals surface area contributed by atoms with Crippen LogP contribution in [0.5, 0.6) is 0 Å². The minimum absolute atomic E-state index is 0.168. The lowest BCUT2D eigenvalue weighted by molar-refractivity contribution is -0.127. The third-order valence-corrected chi connectivity index (χ3v) is 5.31. The molecule has 0 unspecified atom stereocenters. The second-order valence-electron chi connectivity index (χ2n) is 7.58. The SMILES string of the molecule is CCNC(=NCCCN1CCCC1=O)NCCNC(=O)CC1CCCCC1. The van der Waals surface area contributed by atoms with Crippen LogP contribution in [0.2, 0.25) is 0 Å². The van der Waals surface area contributed by atoms with E-state index in [2.05, 4.69) is 20.9 Å². The second-order valence-corrected chi connectivity index (χ2v) is 7.58. The van der Waals surface area contributed by atoms with Crippen molar-refractivity contribution in [1.29, 1.82) is 0 Å². The van der Waals surface area contributed by atoms with Crippen LogP contribution in [0.1, 0.15) is 64.7 Å². The molecule has 7 nitrogen and oxygen atoms in total. The quantitative estimate of drug-likeness (QED) is 0.306. The van der Waals surface area contributed by atoms with Gasteiger partial charge in [-0.15, -0.1) is 0 Å². The molecule has 0 radical (unpaired) electrons. The van der Waals surface area contributed by atoms with Crippen molar-refractivity contribution in [2.24, 2.45) is 10.9 Å². The van der Waals surface area contributed by atoms with Gasteiger partial charge >= 0.3 is 0 Å². The van der Waals surface area contributed by atoms with E-state index in [9.17, 15) is 9.59 Å². The van der Waals surface area contributed by atoms with E-state index in [0.29, 0.717) is 38.4 Å². The lowest BCUT2D eigenvalue weighted by Gasteiger charge is -2.20. The van der Waals surface area contributed by atoms with Gasteiger partial charge in [0, 0.05) is 52.1 Å². The fourth-order valence-electron chi connectivity index (χ4n) is 3.84. The van der Waals surface area contributed by atoms with Crippen LogP contribution in [0.4, 0.5) is 0 Å². The third kappa shape index (κ3) is 8.63. The second kappa shape index (κ2) is 12.6. The third-order valence-electron chi connectivity index (χ3n) is 5.31. The van der Waals surface area contributed by atoms with Gasteiger partial charge in [-0.2, -0.15) is 0 Å². The van der Waals surface area contributed by atoms with E-state index < -0.39 is 0 Å². The van der Waals surface area contributed by atoms with Crippen LogP contribution in [-0.2, 0) is 9.59 Å². The number of nitrogens with zero attached hydrogens (tertiary/aromatic N) is 2. The van der Waals surface area contributed by atoms with Crippen LogP contribution in [0.3, 0.4) is 0 Å². The van der Waals surface area contributed by atoms with Gasteiger partial charge < -0.3 is 20.9 Å². The first kappa shape index (κ1) is 21.5. The predicted octanol–water partition coefficient (Wildman–Crippen LogP) is 1.64. The molecular weight excluding hydrogens is 342 g/mol. The highest BCUT2D eigenvalue weighted by Crippen LogP contribution is 2.25. The van der Waals surface area contributed by atoms with Crippen molar-refractivity contribution in [3.8, 4) is 0 Å². The van der Waals surface area contributed by atoms with Crippen LogP contribution in [-0.4, -0.2) is 61.9 Å². The number of guanidine groups is 1. The highest BCUT2D eigenvalue weighted by molar-refractivity contribution is 5.80. The van der Waals surface area contributed by atoms with Crippen molar-refractivity contribution in [2.75, 3.05) is 39.3 Å². The standard InChI is InChI=1S/C20H37N5O2/c1-2-21-20(23-11-7-15-25-14-6-10-19(25)27)24-13-12-22-18(26)16-17-8-4-3-5-9-17/h17H,2-16H2,1H3,(H,22,26)(H2,21,23,24). The first-order valence-corrected chi connectivity index (χ1v) is 10.8. The van der Waals surface area contributed by atoms with Crippen molar-refractivity contribution in [2.45, 2.75) is 64.7 Å². The maximum Gasteiger partial charge on any atom is 0.222 e. The Bertz CT molecular complexity index is 489. The summed E-state index contributed by atoms with van der Waals surface area (Å²) in [7, 11) is 0. The Morgan fingerprint density at radius 3 is 2.59 bits per heavy atom. The fourth-order valence-corrected chi connectivity index (χ4v) is 3.84. The maximum atomic E-state index is 12.0. The summed E-state index contributed by atoms with van der Waals surface area (Å²) >= 11 is 0. The molecule has 0 aromatic rings. The summed E-state index contributed by atoms with van der Waals surface area (Å²) in [5.74, 6) is 1.79. The Balaban J connectivity index is 1.57. The molecule has 1 aliphatic carbocycles. The van der Waals surface area contributed by atoms with Gasteiger partial charge in [0.05, 0.1) is 0 Å². The fraction of sp³-hybridized carbons (Fsp3) is 0.850. The van der Waals surface area contributed by atoms with Crippen molar-refractivity contribution >= 4 is 17.8 Å². The smallest absolute Gasteiger partial charge is 0.222 e. The van der Waals surface area contributed by atoms with Crippen molar-refractivity contribution in [3.63, 3.8) is 0 Å². The van der Waals surface area contributed by atoms with Gasteiger partial charge in [-0.3, -0.25) is 14.6 Å². The van der Waals surface area contributed by atoms with Crippen molar-refractivity contribution in [1.82, 2.24) is 20.9 Å². The summed E-state index contributed by atoms with van der Waals surface area (Å²) < 4.78 is 0. The number of carbonyl (C=O) groups excluding carboxylic acids is 2. The molecule has 0 aromatic carbocycles. The molecule has 0 atom stereocenters. The maximum absolute atomic E-state index is 12.0. The first-order valence-electron chi connectivity index (χ1n) is 10.8. The van der Waals surface area contributed by atoms with Gasteiger partial charge in [-0.1, -0.05) is 19.3 Å². The van der Waals surface area contributed by atoms with Gasteiger partial charge in [-0.05, 0) is 38.5 Å². The number of likely N-dealkylation sites (tertiary alicyclic amines) is 1. The Morgan fingerprint density at radius 2 is 1.89 bits per heavy atom. The number of nitrogens with one attached hydrogen (secondary N) is 3. The van der Waals surface area contributed by atoms with Crippen LogP contribution >= 0.6 is 0 Å². The molecule has 154 valence electrons. The Morgan fingerprint density at radius 1 is 1.11 bits per heavy atom. The molecule has 0 spiro atoms. The number of aliphatic imine (C=N–C) groups is 1. The molecule has 3 N–H and O–H groups in total. The molecule has 1 saturated heterocycles. The molecule has 0 aromatic heterocycles. The molecular formula is C20H37N5O2. The molecule has 0 bridgehead atoms. The molecule has 27 heavy (non-hydrogen) atoms. The van der Waals surface area contributed by atoms with Gasteiger partial charge in [-0.25, -0.2) is 0 Å². The topological polar surface area (TPSA) is 85.8 Å². The summed E-state index contributed by atoms with van der Waals surface area (Å²) in [5.41, 5.74) is 0. The van der Waals surface area contributed by atoms with Gasteiger partial charge in [0.25, 0.3) is 0 Å². The Hall–Kier alpha value is -1.79. The van der Waals surface area contributed by atoms with Gasteiger partial charge in [0.15, 0.2) is 5.96 Å². The highest BCUT2D eigenvalue weighted by Gasteiger charge is 2.19. The molecule has 1 heterocycles. The average Bonchev–Trinajstić information content (AvgIpc) is 3.08. The summed E-state index contributed by atoms with van der Waals surface area (Å²) in [6.07, 6.45) is 9.49. The monoisotopic (exact) mass is 379 g/mol. The summed E-state index contributed by atoms with van der Waals surface area (Å²) in [6.45, 7) is 6.47. The summed E-state index contributed by atoms with van der Waals surface area (Å²) in [5, 5.41) is 9.49. The van der Waals surface area contributed by atoms with Crippen LogP contribution in [0.25, 0.3) is 0 Å². The molecule has 7 heteroatoms. The molecule has 2 fully saturated rings. The number of hydrogen-bond acceptors (Lipinski definition) is 3. The van der Waals surface area contributed by atoms with Gasteiger partial charge in [0.2, 0.25) is 11.8 Å². The van der Waals surface area contributed by atoms with Crippen LogP contribution < -0.4 is 16.0 Å². The molecule has 2 rings (SSSR count). The molecule has 1 saturated carbocycles. The van der Waals surface area contributed by atoms with E-state index in [0.717, 1.165) is 38.4 Å². The predicted molar refractivity (Wildman–Crippen MR) is 109 cm³/mol. The zero-order valence-electron chi connectivity index (χ0n) is 16.9. The van der Waals surface area contributed by atoms with Crippen molar-refractivity contribution < 1.29 is 9.59 Å². The number of rotatable bonds is 10. The minimum atomic E-state index is 0.168. The van der Waals surface area contributed by atoms with Crippen LogP contribution in [0, 0.1) is 5.92 Å². The van der Waals surface area contributed by atoms with Crippen molar-refractivity contribution in [3.05, 3.63) is 0 Å². The largest absolute Gasteiger partial charge is 0.357 e. The van der Waals surface area contributed by atoms with E-state index in [-0.39, 0.29) is 11.8 Å². The zero-order valence-corrected chi connectivity index (χ0v) is 16.9.